The van der Waals surface area contributed by atoms with Gasteiger partial charge in [0.05, 0.1) is 10.4 Å². The summed E-state index contributed by atoms with van der Waals surface area (Å²) >= 11 is 12.0. The SMILES string of the molecule is C=C/C=C/C(=C)CNC(=O)C(CC)OC1=C(Cl)CC(Cl)C=N1. The number of hydrogen-bond donors (Lipinski definition) is 1. The summed E-state index contributed by atoms with van der Waals surface area (Å²) in [5.74, 6) is 0.0155. The third kappa shape index (κ3) is 6.08. The standard InChI is InChI=1S/C16H20Cl2N2O2/c1-4-6-7-11(3)9-19-15(21)14(5-2)22-16-13(18)8-12(17)10-20-16/h4,6-7,10,12,14H,1,3,5,8-9H2,2H3,(H,19,21)/b7-6+. The molecule has 1 aliphatic heterocycles. The third-order valence-corrected chi connectivity index (χ3v) is 3.42. The Morgan fingerprint density at radius 2 is 2.41 bits per heavy atom. The summed E-state index contributed by atoms with van der Waals surface area (Å²) in [6.45, 7) is 9.58. The maximum absolute atomic E-state index is 12.1. The summed E-state index contributed by atoms with van der Waals surface area (Å²) in [6, 6.07) is 0. The minimum atomic E-state index is -0.663. The lowest BCUT2D eigenvalue weighted by Gasteiger charge is -2.20. The molecule has 0 bridgehead atoms. The predicted molar refractivity (Wildman–Crippen MR) is 92.3 cm³/mol. The smallest absolute Gasteiger partial charge is 0.261 e. The lowest BCUT2D eigenvalue weighted by molar-refractivity contribution is -0.130. The second-order valence-electron chi connectivity index (χ2n) is 4.69. The monoisotopic (exact) mass is 342 g/mol. The number of allylic oxidation sites excluding steroid dienone is 3. The van der Waals surface area contributed by atoms with Gasteiger partial charge in [0.2, 0.25) is 5.88 Å². The molecule has 1 amide bonds. The number of rotatable bonds is 8. The van der Waals surface area contributed by atoms with Crippen LogP contribution in [0.15, 0.2) is 52.9 Å². The zero-order valence-corrected chi connectivity index (χ0v) is 14.0. The molecule has 0 aromatic rings. The van der Waals surface area contributed by atoms with E-state index in [2.05, 4.69) is 23.5 Å². The van der Waals surface area contributed by atoms with E-state index < -0.39 is 6.10 Å². The zero-order valence-electron chi connectivity index (χ0n) is 12.5. The van der Waals surface area contributed by atoms with Crippen LogP contribution in [0.25, 0.3) is 0 Å². The molecular weight excluding hydrogens is 323 g/mol. The fourth-order valence-electron chi connectivity index (χ4n) is 1.66. The van der Waals surface area contributed by atoms with Crippen LogP contribution < -0.4 is 5.32 Å². The van der Waals surface area contributed by atoms with E-state index in [0.717, 1.165) is 5.57 Å². The Balaban J connectivity index is 2.57. The Morgan fingerprint density at radius 3 is 3.00 bits per heavy atom. The van der Waals surface area contributed by atoms with Crippen molar-refractivity contribution in [2.24, 2.45) is 4.99 Å². The maximum Gasteiger partial charge on any atom is 0.261 e. The molecule has 1 heterocycles. The first-order chi connectivity index (χ1) is 10.5. The van der Waals surface area contributed by atoms with Crippen molar-refractivity contribution in [2.75, 3.05) is 6.54 Å². The number of halogens is 2. The molecule has 4 nitrogen and oxygen atoms in total. The summed E-state index contributed by atoms with van der Waals surface area (Å²) in [7, 11) is 0. The van der Waals surface area contributed by atoms with E-state index in [0.29, 0.717) is 24.4 Å². The molecule has 2 atom stereocenters. The molecule has 22 heavy (non-hydrogen) atoms. The van der Waals surface area contributed by atoms with Crippen LogP contribution >= 0.6 is 23.2 Å². The van der Waals surface area contributed by atoms with Crippen molar-refractivity contribution in [2.45, 2.75) is 31.2 Å². The van der Waals surface area contributed by atoms with Crippen molar-refractivity contribution < 1.29 is 9.53 Å². The fraction of sp³-hybridized carbons (Fsp3) is 0.375. The lowest BCUT2D eigenvalue weighted by Crippen LogP contribution is -2.37. The van der Waals surface area contributed by atoms with Gasteiger partial charge < -0.3 is 10.1 Å². The molecule has 0 fully saturated rings. The van der Waals surface area contributed by atoms with Gasteiger partial charge in [-0.1, -0.05) is 49.9 Å². The van der Waals surface area contributed by atoms with Gasteiger partial charge in [0, 0.05) is 19.2 Å². The molecular formula is C16H20Cl2N2O2. The van der Waals surface area contributed by atoms with Crippen LogP contribution in [0.4, 0.5) is 0 Å². The largest absolute Gasteiger partial charge is 0.463 e. The predicted octanol–water partition coefficient (Wildman–Crippen LogP) is 3.69. The van der Waals surface area contributed by atoms with Gasteiger partial charge in [-0.25, -0.2) is 4.99 Å². The Bertz CT molecular complexity index is 524. The van der Waals surface area contributed by atoms with Gasteiger partial charge in [0.1, 0.15) is 0 Å². The van der Waals surface area contributed by atoms with Crippen molar-refractivity contribution in [3.63, 3.8) is 0 Å². The topological polar surface area (TPSA) is 50.7 Å². The van der Waals surface area contributed by atoms with Crippen molar-refractivity contribution >= 4 is 35.3 Å². The molecule has 0 radical (unpaired) electrons. The Kier molecular flexibility index (Phi) is 7.99. The quantitative estimate of drug-likeness (QED) is 0.540. The van der Waals surface area contributed by atoms with Crippen LogP contribution in [0.5, 0.6) is 0 Å². The van der Waals surface area contributed by atoms with Gasteiger partial charge in [0.25, 0.3) is 5.91 Å². The number of hydrogen-bond acceptors (Lipinski definition) is 3. The number of amides is 1. The number of carbonyl (C=O) groups is 1. The second-order valence-corrected chi connectivity index (χ2v) is 5.71. The summed E-state index contributed by atoms with van der Waals surface area (Å²) in [4.78, 5) is 16.2. The molecule has 0 aromatic carbocycles. The molecule has 1 N–H and O–H groups in total. The van der Waals surface area contributed by atoms with Crippen LogP contribution in [0, 0.1) is 0 Å². The van der Waals surface area contributed by atoms with E-state index in [1.54, 1.807) is 24.4 Å². The number of aliphatic imine (C=N–C) groups is 1. The molecule has 0 aliphatic carbocycles. The maximum atomic E-state index is 12.1. The lowest BCUT2D eigenvalue weighted by atomic mass is 10.2. The van der Waals surface area contributed by atoms with Crippen LogP contribution in [-0.4, -0.2) is 30.1 Å². The van der Waals surface area contributed by atoms with Gasteiger partial charge >= 0.3 is 0 Å². The van der Waals surface area contributed by atoms with Crippen LogP contribution in [0.3, 0.4) is 0 Å². The Morgan fingerprint density at radius 1 is 1.68 bits per heavy atom. The van der Waals surface area contributed by atoms with Crippen molar-refractivity contribution in [3.05, 3.63) is 47.9 Å². The zero-order chi connectivity index (χ0) is 16.5. The summed E-state index contributed by atoms with van der Waals surface area (Å²) in [5, 5.41) is 2.94. The Labute approximate surface area is 141 Å². The van der Waals surface area contributed by atoms with Crippen molar-refractivity contribution in [3.8, 4) is 0 Å². The highest BCUT2D eigenvalue weighted by atomic mass is 35.5. The minimum absolute atomic E-state index is 0.240. The fourth-order valence-corrected chi connectivity index (χ4v) is 2.21. The highest BCUT2D eigenvalue weighted by Gasteiger charge is 2.23. The van der Waals surface area contributed by atoms with E-state index in [-0.39, 0.29) is 17.2 Å². The van der Waals surface area contributed by atoms with Gasteiger partial charge in [-0.2, -0.15) is 0 Å². The van der Waals surface area contributed by atoms with Gasteiger partial charge in [-0.05, 0) is 12.0 Å². The summed E-state index contributed by atoms with van der Waals surface area (Å²) in [5.41, 5.74) is 0.765. The molecule has 0 saturated heterocycles. The van der Waals surface area contributed by atoms with Gasteiger partial charge in [-0.15, -0.1) is 11.6 Å². The van der Waals surface area contributed by atoms with E-state index in [4.69, 9.17) is 27.9 Å². The molecule has 0 spiro atoms. The summed E-state index contributed by atoms with van der Waals surface area (Å²) < 4.78 is 5.59. The molecule has 120 valence electrons. The third-order valence-electron chi connectivity index (χ3n) is 2.83. The van der Waals surface area contributed by atoms with E-state index >= 15 is 0 Å². The van der Waals surface area contributed by atoms with E-state index in [9.17, 15) is 4.79 Å². The molecule has 1 rings (SSSR count). The number of nitrogens with zero attached hydrogens (tertiary/aromatic N) is 1. The second kappa shape index (κ2) is 9.49. The number of alkyl halides is 1. The first kappa shape index (κ1) is 18.5. The van der Waals surface area contributed by atoms with Crippen molar-refractivity contribution in [1.29, 1.82) is 0 Å². The van der Waals surface area contributed by atoms with Gasteiger partial charge in [-0.3, -0.25) is 4.79 Å². The minimum Gasteiger partial charge on any atom is -0.463 e. The van der Waals surface area contributed by atoms with Crippen molar-refractivity contribution in [1.82, 2.24) is 5.32 Å². The number of carbonyl (C=O) groups excluding carboxylic acids is 1. The number of ether oxygens (including phenoxy) is 1. The number of nitrogens with one attached hydrogen (secondary N) is 1. The van der Waals surface area contributed by atoms with Crippen LogP contribution in [0.1, 0.15) is 19.8 Å². The molecule has 6 heteroatoms. The molecule has 0 saturated carbocycles. The van der Waals surface area contributed by atoms with Crippen LogP contribution in [-0.2, 0) is 9.53 Å². The molecule has 0 aromatic heterocycles. The van der Waals surface area contributed by atoms with Gasteiger partial charge in [0.15, 0.2) is 6.10 Å². The average Bonchev–Trinajstić information content (AvgIpc) is 2.49. The first-order valence-electron chi connectivity index (χ1n) is 6.96. The molecule has 1 aliphatic rings. The highest BCUT2D eigenvalue weighted by Crippen LogP contribution is 2.25. The summed E-state index contributed by atoms with van der Waals surface area (Å²) in [6.07, 6.45) is 7.01. The first-order valence-corrected chi connectivity index (χ1v) is 7.77. The van der Waals surface area contributed by atoms with E-state index in [1.165, 1.54) is 0 Å². The Hall–Kier alpha value is -1.52. The van der Waals surface area contributed by atoms with E-state index in [1.807, 2.05) is 6.92 Å². The normalized spacial score (nSPS) is 19.1. The molecule has 2 unspecified atom stereocenters. The highest BCUT2D eigenvalue weighted by molar-refractivity contribution is 6.33. The average molecular weight is 343 g/mol. The van der Waals surface area contributed by atoms with Crippen LogP contribution in [0.2, 0.25) is 0 Å².